The predicted octanol–water partition coefficient (Wildman–Crippen LogP) is 3.93. The Kier molecular flexibility index (Phi) is 5.71. The van der Waals surface area contributed by atoms with Gasteiger partial charge in [0.05, 0.1) is 0 Å². The number of hydrogen-bond acceptors (Lipinski definition) is 2. The van der Waals surface area contributed by atoms with Gasteiger partial charge in [-0.15, -0.1) is 0 Å². The minimum Gasteiger partial charge on any atom is -0.339 e. The van der Waals surface area contributed by atoms with Crippen LogP contribution in [0.1, 0.15) is 36.5 Å². The van der Waals surface area contributed by atoms with E-state index in [1.54, 1.807) is 0 Å². The molecule has 0 bridgehead atoms. The molecule has 0 aromatic heterocycles. The number of benzene rings is 2. The first-order valence-corrected chi connectivity index (χ1v) is 9.29. The highest BCUT2D eigenvalue weighted by Gasteiger charge is 2.27. The molecule has 4 nitrogen and oxygen atoms in total. The van der Waals surface area contributed by atoms with Crippen LogP contribution in [0, 0.1) is 12.8 Å². The number of para-hydroxylation sites is 1. The monoisotopic (exact) mass is 350 g/mol. The number of hydrogen-bond donors (Lipinski definition) is 1. The molecule has 0 fully saturated rings. The molecule has 3 rings (SSSR count). The third-order valence-corrected chi connectivity index (χ3v) is 5.18. The standard InChI is InChI=1S/C22H26N2O2/c1-3-24(15-19-10-5-4-8-16(19)2)21(25)13-12-18-14-17-9-6-7-11-20(17)23-22(18)26/h4-11,18H,3,12-15H2,1-2H3,(H,23,26). The summed E-state index contributed by atoms with van der Waals surface area (Å²) in [4.78, 5) is 26.9. The number of fused-ring (bicyclic) bond motifs is 1. The van der Waals surface area contributed by atoms with Crippen molar-refractivity contribution in [1.29, 1.82) is 0 Å². The number of amides is 2. The number of carbonyl (C=O) groups is 2. The van der Waals surface area contributed by atoms with Gasteiger partial charge in [0, 0.05) is 31.1 Å². The van der Waals surface area contributed by atoms with Crippen LogP contribution in [0.2, 0.25) is 0 Å². The maximum absolute atomic E-state index is 12.7. The number of rotatable bonds is 6. The number of carbonyl (C=O) groups excluding carboxylic acids is 2. The number of aryl methyl sites for hydroxylation is 1. The molecule has 0 aliphatic carbocycles. The van der Waals surface area contributed by atoms with Crippen LogP contribution in [0.4, 0.5) is 5.69 Å². The maximum atomic E-state index is 12.7. The van der Waals surface area contributed by atoms with E-state index in [0.29, 0.717) is 32.4 Å². The van der Waals surface area contributed by atoms with E-state index in [9.17, 15) is 9.59 Å². The van der Waals surface area contributed by atoms with Gasteiger partial charge in [-0.1, -0.05) is 42.5 Å². The predicted molar refractivity (Wildman–Crippen MR) is 104 cm³/mol. The normalized spacial score (nSPS) is 15.9. The molecule has 136 valence electrons. The van der Waals surface area contributed by atoms with Crippen LogP contribution < -0.4 is 5.32 Å². The summed E-state index contributed by atoms with van der Waals surface area (Å²) in [6, 6.07) is 16.0. The molecule has 1 aliphatic heterocycles. The molecular weight excluding hydrogens is 324 g/mol. The average molecular weight is 350 g/mol. The molecule has 0 spiro atoms. The second-order valence-electron chi connectivity index (χ2n) is 6.92. The van der Waals surface area contributed by atoms with E-state index in [-0.39, 0.29) is 17.7 Å². The molecule has 0 radical (unpaired) electrons. The lowest BCUT2D eigenvalue weighted by molar-refractivity contribution is -0.132. The maximum Gasteiger partial charge on any atom is 0.227 e. The summed E-state index contributed by atoms with van der Waals surface area (Å²) in [7, 11) is 0. The Balaban J connectivity index is 1.59. The van der Waals surface area contributed by atoms with E-state index in [4.69, 9.17) is 0 Å². The van der Waals surface area contributed by atoms with Crippen LogP contribution in [0.5, 0.6) is 0 Å². The van der Waals surface area contributed by atoms with E-state index in [2.05, 4.69) is 24.4 Å². The van der Waals surface area contributed by atoms with Gasteiger partial charge in [-0.2, -0.15) is 0 Å². The highest BCUT2D eigenvalue weighted by molar-refractivity contribution is 5.96. The fourth-order valence-corrected chi connectivity index (χ4v) is 3.47. The Bertz CT molecular complexity index is 800. The molecule has 2 aromatic rings. The lowest BCUT2D eigenvalue weighted by atomic mass is 9.89. The van der Waals surface area contributed by atoms with Crippen LogP contribution in [0.15, 0.2) is 48.5 Å². The number of anilines is 1. The van der Waals surface area contributed by atoms with Crippen molar-refractivity contribution >= 4 is 17.5 Å². The molecule has 2 aromatic carbocycles. The summed E-state index contributed by atoms with van der Waals surface area (Å²) in [5.41, 5.74) is 4.42. The van der Waals surface area contributed by atoms with Crippen molar-refractivity contribution < 1.29 is 9.59 Å². The van der Waals surface area contributed by atoms with Gasteiger partial charge in [0.2, 0.25) is 11.8 Å². The van der Waals surface area contributed by atoms with Crippen molar-refractivity contribution in [2.45, 2.75) is 39.7 Å². The van der Waals surface area contributed by atoms with E-state index in [1.807, 2.05) is 48.2 Å². The van der Waals surface area contributed by atoms with Crippen LogP contribution in [-0.4, -0.2) is 23.3 Å². The average Bonchev–Trinajstić information content (AvgIpc) is 2.65. The van der Waals surface area contributed by atoms with Crippen molar-refractivity contribution in [1.82, 2.24) is 4.90 Å². The smallest absolute Gasteiger partial charge is 0.227 e. The fourth-order valence-electron chi connectivity index (χ4n) is 3.47. The van der Waals surface area contributed by atoms with E-state index in [0.717, 1.165) is 11.3 Å². The topological polar surface area (TPSA) is 49.4 Å². The summed E-state index contributed by atoms with van der Waals surface area (Å²) in [6.45, 7) is 5.37. The van der Waals surface area contributed by atoms with Crippen LogP contribution in [-0.2, 0) is 22.6 Å². The summed E-state index contributed by atoms with van der Waals surface area (Å²) in [5.74, 6) is 0.00637. The Labute approximate surface area is 155 Å². The SMILES string of the molecule is CCN(Cc1ccccc1C)C(=O)CCC1Cc2ccccc2NC1=O. The first kappa shape index (κ1) is 18.2. The zero-order valence-electron chi connectivity index (χ0n) is 15.5. The molecule has 1 N–H and O–H groups in total. The van der Waals surface area contributed by atoms with Gasteiger partial charge in [0.25, 0.3) is 0 Å². The van der Waals surface area contributed by atoms with Crippen LogP contribution in [0.3, 0.4) is 0 Å². The number of nitrogens with one attached hydrogen (secondary N) is 1. The van der Waals surface area contributed by atoms with Gasteiger partial charge in [0.15, 0.2) is 0 Å². The van der Waals surface area contributed by atoms with Crippen molar-refractivity contribution in [3.8, 4) is 0 Å². The van der Waals surface area contributed by atoms with E-state index < -0.39 is 0 Å². The zero-order valence-corrected chi connectivity index (χ0v) is 15.5. The Morgan fingerprint density at radius 2 is 1.88 bits per heavy atom. The highest BCUT2D eigenvalue weighted by atomic mass is 16.2. The molecule has 1 aliphatic rings. The largest absolute Gasteiger partial charge is 0.339 e. The molecular formula is C22H26N2O2. The quantitative estimate of drug-likeness (QED) is 0.858. The molecule has 2 amide bonds. The highest BCUT2D eigenvalue weighted by Crippen LogP contribution is 2.27. The molecule has 4 heteroatoms. The second-order valence-corrected chi connectivity index (χ2v) is 6.92. The summed E-state index contributed by atoms with van der Waals surface area (Å²) < 4.78 is 0. The fraction of sp³-hybridized carbons (Fsp3) is 0.364. The lowest BCUT2D eigenvalue weighted by Gasteiger charge is -2.26. The van der Waals surface area contributed by atoms with Gasteiger partial charge in [-0.05, 0) is 49.4 Å². The molecule has 1 unspecified atom stereocenters. The van der Waals surface area contributed by atoms with Gasteiger partial charge in [-0.3, -0.25) is 9.59 Å². The van der Waals surface area contributed by atoms with Crippen molar-refractivity contribution in [2.75, 3.05) is 11.9 Å². The third-order valence-electron chi connectivity index (χ3n) is 5.18. The van der Waals surface area contributed by atoms with E-state index in [1.165, 1.54) is 11.1 Å². The molecule has 1 heterocycles. The van der Waals surface area contributed by atoms with Crippen LogP contribution >= 0.6 is 0 Å². The molecule has 0 saturated carbocycles. The Hall–Kier alpha value is -2.62. The first-order valence-electron chi connectivity index (χ1n) is 9.29. The van der Waals surface area contributed by atoms with Gasteiger partial charge < -0.3 is 10.2 Å². The Morgan fingerprint density at radius 3 is 2.65 bits per heavy atom. The minimum atomic E-state index is -0.133. The van der Waals surface area contributed by atoms with Crippen molar-refractivity contribution in [2.24, 2.45) is 5.92 Å². The van der Waals surface area contributed by atoms with Crippen LogP contribution in [0.25, 0.3) is 0 Å². The molecule has 26 heavy (non-hydrogen) atoms. The number of nitrogens with zero attached hydrogens (tertiary/aromatic N) is 1. The van der Waals surface area contributed by atoms with E-state index >= 15 is 0 Å². The zero-order chi connectivity index (χ0) is 18.5. The van der Waals surface area contributed by atoms with Crippen molar-refractivity contribution in [3.63, 3.8) is 0 Å². The van der Waals surface area contributed by atoms with Crippen molar-refractivity contribution in [3.05, 3.63) is 65.2 Å². The second kappa shape index (κ2) is 8.17. The molecule has 1 atom stereocenters. The van der Waals surface area contributed by atoms with Gasteiger partial charge in [-0.25, -0.2) is 0 Å². The minimum absolute atomic E-state index is 0.0263. The lowest BCUT2D eigenvalue weighted by Crippen LogP contribution is -2.33. The van der Waals surface area contributed by atoms with Gasteiger partial charge >= 0.3 is 0 Å². The summed E-state index contributed by atoms with van der Waals surface area (Å²) >= 11 is 0. The third kappa shape index (κ3) is 4.13. The summed E-state index contributed by atoms with van der Waals surface area (Å²) in [5, 5.41) is 2.96. The molecule has 0 saturated heterocycles. The first-order chi connectivity index (χ1) is 12.6. The van der Waals surface area contributed by atoms with Gasteiger partial charge in [0.1, 0.15) is 0 Å². The summed E-state index contributed by atoms with van der Waals surface area (Å²) in [6.07, 6.45) is 1.70. The Morgan fingerprint density at radius 1 is 1.15 bits per heavy atom.